The van der Waals surface area contributed by atoms with Gasteiger partial charge in [0.1, 0.15) is 5.75 Å². The van der Waals surface area contributed by atoms with E-state index in [1.54, 1.807) is 6.08 Å². The monoisotopic (exact) mass is 366 g/mol. The molecule has 2 aromatic rings. The van der Waals surface area contributed by atoms with E-state index in [9.17, 15) is 9.59 Å². The first-order valence-corrected chi connectivity index (χ1v) is 8.62. The van der Waals surface area contributed by atoms with Crippen molar-refractivity contribution in [2.45, 2.75) is 12.8 Å². The molecule has 0 aliphatic rings. The molecule has 0 aliphatic carbocycles. The van der Waals surface area contributed by atoms with Crippen molar-refractivity contribution < 1.29 is 24.2 Å². The predicted molar refractivity (Wildman–Crippen MR) is 104 cm³/mol. The van der Waals surface area contributed by atoms with E-state index in [1.165, 1.54) is 0 Å². The number of ether oxygens (including phenoxy) is 2. The summed E-state index contributed by atoms with van der Waals surface area (Å²) < 4.78 is 10.6. The summed E-state index contributed by atoms with van der Waals surface area (Å²) in [5.41, 5.74) is 2.92. The summed E-state index contributed by atoms with van der Waals surface area (Å²) in [7, 11) is 0. The molecule has 0 aliphatic heterocycles. The zero-order valence-electron chi connectivity index (χ0n) is 15.0. The highest BCUT2D eigenvalue weighted by atomic mass is 16.5. The third-order valence-corrected chi connectivity index (χ3v) is 3.74. The van der Waals surface area contributed by atoms with Crippen LogP contribution in [-0.2, 0) is 14.3 Å². The van der Waals surface area contributed by atoms with Crippen molar-refractivity contribution in [2.24, 2.45) is 0 Å². The van der Waals surface area contributed by atoms with Crippen LogP contribution in [0.15, 0.2) is 67.3 Å². The number of rotatable bonds is 10. The molecule has 0 saturated heterocycles. The number of carboxylic acid groups (broad SMARTS) is 1. The van der Waals surface area contributed by atoms with Crippen LogP contribution in [0.4, 0.5) is 0 Å². The van der Waals surface area contributed by atoms with E-state index in [0.29, 0.717) is 13.2 Å². The van der Waals surface area contributed by atoms with Gasteiger partial charge in [-0.1, -0.05) is 43.0 Å². The summed E-state index contributed by atoms with van der Waals surface area (Å²) in [5, 5.41) is 8.65. The molecular weight excluding hydrogens is 344 g/mol. The van der Waals surface area contributed by atoms with Crippen LogP contribution in [0.3, 0.4) is 0 Å². The van der Waals surface area contributed by atoms with Gasteiger partial charge in [0.15, 0.2) is 0 Å². The lowest BCUT2D eigenvalue weighted by Crippen LogP contribution is -2.04. The summed E-state index contributed by atoms with van der Waals surface area (Å²) in [6.45, 7) is 4.26. The third kappa shape index (κ3) is 7.20. The Morgan fingerprint density at radius 3 is 2.11 bits per heavy atom. The average molecular weight is 366 g/mol. The number of carbonyl (C=O) groups excluding carboxylic acids is 1. The first-order chi connectivity index (χ1) is 13.1. The van der Waals surface area contributed by atoms with Crippen molar-refractivity contribution in [3.63, 3.8) is 0 Å². The molecule has 0 fully saturated rings. The molecule has 0 bridgehead atoms. The van der Waals surface area contributed by atoms with Crippen molar-refractivity contribution in [1.29, 1.82) is 0 Å². The summed E-state index contributed by atoms with van der Waals surface area (Å²) in [5.74, 6) is -0.590. The molecule has 0 amide bonds. The molecule has 2 rings (SSSR count). The van der Waals surface area contributed by atoms with Crippen LogP contribution in [0.25, 0.3) is 17.2 Å². The SMILES string of the molecule is C=CC(=O)OCCCCOc1ccc(-c2ccc(/C=C/C(=O)O)cc2)cc1. The van der Waals surface area contributed by atoms with E-state index >= 15 is 0 Å². The van der Waals surface area contributed by atoms with Crippen LogP contribution in [0, 0.1) is 0 Å². The normalized spacial score (nSPS) is 10.5. The molecule has 0 atom stereocenters. The number of hydrogen-bond donors (Lipinski definition) is 1. The second kappa shape index (κ2) is 10.6. The quantitative estimate of drug-likeness (QED) is 0.385. The van der Waals surface area contributed by atoms with E-state index in [0.717, 1.165) is 47.4 Å². The summed E-state index contributed by atoms with van der Waals surface area (Å²) in [6.07, 6.45) is 5.35. The number of benzene rings is 2. The zero-order chi connectivity index (χ0) is 19.5. The van der Waals surface area contributed by atoms with Crippen LogP contribution >= 0.6 is 0 Å². The topological polar surface area (TPSA) is 72.8 Å². The number of aliphatic carboxylic acids is 1. The molecule has 0 radical (unpaired) electrons. The predicted octanol–water partition coefficient (Wildman–Crippen LogP) is 4.34. The zero-order valence-corrected chi connectivity index (χ0v) is 15.0. The third-order valence-electron chi connectivity index (χ3n) is 3.74. The second-order valence-corrected chi connectivity index (χ2v) is 5.75. The maximum atomic E-state index is 10.9. The van der Waals surface area contributed by atoms with Gasteiger partial charge in [0.25, 0.3) is 0 Å². The van der Waals surface area contributed by atoms with Crippen molar-refractivity contribution >= 4 is 18.0 Å². The number of unbranched alkanes of at least 4 members (excludes halogenated alkanes) is 1. The Kier molecular flexibility index (Phi) is 7.85. The maximum Gasteiger partial charge on any atom is 0.330 e. The molecule has 2 aromatic carbocycles. The summed E-state index contributed by atoms with van der Waals surface area (Å²) in [6, 6.07) is 15.4. The van der Waals surface area contributed by atoms with Gasteiger partial charge in [0, 0.05) is 12.2 Å². The molecule has 5 heteroatoms. The Bertz CT molecular complexity index is 788. The largest absolute Gasteiger partial charge is 0.494 e. The van der Waals surface area contributed by atoms with Gasteiger partial charge in [0.2, 0.25) is 0 Å². The van der Waals surface area contributed by atoms with Gasteiger partial charge >= 0.3 is 11.9 Å². The lowest BCUT2D eigenvalue weighted by atomic mass is 10.0. The highest BCUT2D eigenvalue weighted by molar-refractivity contribution is 5.85. The Morgan fingerprint density at radius 2 is 1.52 bits per heavy atom. The van der Waals surface area contributed by atoms with Crippen molar-refractivity contribution in [1.82, 2.24) is 0 Å². The van der Waals surface area contributed by atoms with Crippen LogP contribution in [0.1, 0.15) is 18.4 Å². The van der Waals surface area contributed by atoms with Gasteiger partial charge in [-0.05, 0) is 47.7 Å². The minimum atomic E-state index is -0.965. The number of esters is 1. The first kappa shape index (κ1) is 20.0. The molecule has 1 N–H and O–H groups in total. The number of carboxylic acids is 1. The van der Waals surface area contributed by atoms with Crippen molar-refractivity contribution in [3.05, 3.63) is 72.8 Å². The van der Waals surface area contributed by atoms with Crippen LogP contribution in [0.2, 0.25) is 0 Å². The average Bonchev–Trinajstić information content (AvgIpc) is 2.69. The van der Waals surface area contributed by atoms with E-state index < -0.39 is 11.9 Å². The lowest BCUT2D eigenvalue weighted by Gasteiger charge is -2.08. The highest BCUT2D eigenvalue weighted by Gasteiger charge is 2.00. The maximum absolute atomic E-state index is 10.9. The van der Waals surface area contributed by atoms with Gasteiger partial charge in [-0.3, -0.25) is 0 Å². The van der Waals surface area contributed by atoms with Gasteiger partial charge in [-0.25, -0.2) is 9.59 Å². The van der Waals surface area contributed by atoms with Gasteiger partial charge in [-0.15, -0.1) is 0 Å². The minimum absolute atomic E-state index is 0.366. The highest BCUT2D eigenvalue weighted by Crippen LogP contribution is 2.23. The van der Waals surface area contributed by atoms with Gasteiger partial charge in [-0.2, -0.15) is 0 Å². The number of carbonyl (C=O) groups is 2. The lowest BCUT2D eigenvalue weighted by molar-refractivity contribution is -0.138. The molecule has 0 unspecified atom stereocenters. The molecule has 140 valence electrons. The fourth-order valence-electron chi connectivity index (χ4n) is 2.32. The molecule has 0 aromatic heterocycles. The Balaban J connectivity index is 1.80. The molecular formula is C22H22O5. The van der Waals surface area contributed by atoms with E-state index in [1.807, 2.05) is 48.5 Å². The van der Waals surface area contributed by atoms with Crippen LogP contribution < -0.4 is 4.74 Å². The standard InChI is InChI=1S/C22H22O5/c1-2-22(25)27-16-4-3-15-26-20-12-10-19(11-13-20)18-8-5-17(6-9-18)7-14-21(23)24/h2,5-14H,1,3-4,15-16H2,(H,23,24)/b14-7+. The first-order valence-electron chi connectivity index (χ1n) is 8.62. The van der Waals surface area contributed by atoms with E-state index in [2.05, 4.69) is 6.58 Å². The Labute approximate surface area is 158 Å². The molecule has 27 heavy (non-hydrogen) atoms. The number of hydrogen-bond acceptors (Lipinski definition) is 4. The molecule has 0 heterocycles. The summed E-state index contributed by atoms with van der Waals surface area (Å²) in [4.78, 5) is 21.4. The minimum Gasteiger partial charge on any atom is -0.494 e. The van der Waals surface area contributed by atoms with Crippen LogP contribution in [-0.4, -0.2) is 30.3 Å². The van der Waals surface area contributed by atoms with E-state index in [-0.39, 0.29) is 0 Å². The molecule has 0 spiro atoms. The van der Waals surface area contributed by atoms with Gasteiger partial charge < -0.3 is 14.6 Å². The van der Waals surface area contributed by atoms with E-state index in [4.69, 9.17) is 14.6 Å². The summed E-state index contributed by atoms with van der Waals surface area (Å²) >= 11 is 0. The fraction of sp³-hybridized carbons (Fsp3) is 0.182. The molecule has 0 saturated carbocycles. The van der Waals surface area contributed by atoms with Gasteiger partial charge in [0.05, 0.1) is 13.2 Å². The van der Waals surface area contributed by atoms with Crippen molar-refractivity contribution in [2.75, 3.05) is 13.2 Å². The Hall–Kier alpha value is -3.34. The second-order valence-electron chi connectivity index (χ2n) is 5.75. The smallest absolute Gasteiger partial charge is 0.330 e. The van der Waals surface area contributed by atoms with Crippen LogP contribution in [0.5, 0.6) is 5.75 Å². The molecule has 5 nitrogen and oxygen atoms in total. The fourth-order valence-corrected chi connectivity index (χ4v) is 2.32. The Morgan fingerprint density at radius 1 is 0.926 bits per heavy atom. The van der Waals surface area contributed by atoms with Crippen molar-refractivity contribution in [3.8, 4) is 16.9 Å².